The first-order valence-corrected chi connectivity index (χ1v) is 6.02. The Kier molecular flexibility index (Phi) is 3.89. The van der Waals surface area contributed by atoms with Crippen LogP contribution in [0.15, 0.2) is 30.5 Å². The van der Waals surface area contributed by atoms with Crippen molar-refractivity contribution in [2.24, 2.45) is 7.05 Å². The van der Waals surface area contributed by atoms with Crippen LogP contribution in [-0.4, -0.2) is 14.7 Å². The van der Waals surface area contributed by atoms with E-state index < -0.39 is 6.10 Å². The van der Waals surface area contributed by atoms with E-state index in [0.29, 0.717) is 11.8 Å². The molecule has 1 aromatic heterocycles. The number of halogens is 1. The van der Waals surface area contributed by atoms with Gasteiger partial charge in [0.1, 0.15) is 23.3 Å². The highest BCUT2D eigenvalue weighted by atomic mass is 35.5. The molecule has 4 nitrogen and oxygen atoms in total. The van der Waals surface area contributed by atoms with Crippen molar-refractivity contribution in [3.05, 3.63) is 47.0 Å². The number of nitrogens with zero attached hydrogens (tertiary/aromatic N) is 2. The van der Waals surface area contributed by atoms with Crippen LogP contribution in [0, 0.1) is 0 Å². The molecule has 0 spiro atoms. The predicted octanol–water partition coefficient (Wildman–Crippen LogP) is 2.71. The SMILES string of the molecule is CC(O)c1ccc(OCc2ncc(Cl)n2C)cc1. The summed E-state index contributed by atoms with van der Waals surface area (Å²) in [5.74, 6) is 1.50. The molecule has 1 N–H and O–H groups in total. The molecule has 1 atom stereocenters. The Hall–Kier alpha value is -1.52. The van der Waals surface area contributed by atoms with Crippen LogP contribution < -0.4 is 4.74 Å². The van der Waals surface area contributed by atoms with Crippen molar-refractivity contribution in [1.82, 2.24) is 9.55 Å². The standard InChI is InChI=1S/C13H15ClN2O2/c1-9(17)10-3-5-11(6-4-10)18-8-13-15-7-12(14)16(13)2/h3-7,9,17H,8H2,1-2H3. The van der Waals surface area contributed by atoms with Crippen LogP contribution in [0.4, 0.5) is 0 Å². The lowest BCUT2D eigenvalue weighted by atomic mass is 10.1. The van der Waals surface area contributed by atoms with Crippen molar-refractivity contribution in [2.75, 3.05) is 0 Å². The Bertz CT molecular complexity index is 520. The van der Waals surface area contributed by atoms with Gasteiger partial charge in [-0.05, 0) is 24.6 Å². The summed E-state index contributed by atoms with van der Waals surface area (Å²) in [6.45, 7) is 2.09. The van der Waals surface area contributed by atoms with Gasteiger partial charge in [-0.3, -0.25) is 0 Å². The molecule has 1 heterocycles. The van der Waals surface area contributed by atoms with Gasteiger partial charge in [-0.2, -0.15) is 0 Å². The van der Waals surface area contributed by atoms with Crippen LogP contribution in [0.5, 0.6) is 5.75 Å². The second-order valence-electron chi connectivity index (χ2n) is 4.09. The molecule has 5 heteroatoms. The number of aliphatic hydroxyl groups is 1. The lowest BCUT2D eigenvalue weighted by Crippen LogP contribution is -2.03. The van der Waals surface area contributed by atoms with Crippen molar-refractivity contribution in [1.29, 1.82) is 0 Å². The van der Waals surface area contributed by atoms with Gasteiger partial charge in [-0.25, -0.2) is 4.98 Å². The summed E-state index contributed by atoms with van der Waals surface area (Å²) >= 11 is 5.88. The normalized spacial score (nSPS) is 12.4. The zero-order chi connectivity index (χ0) is 13.1. The number of hydrogen-bond acceptors (Lipinski definition) is 3. The number of hydrogen-bond donors (Lipinski definition) is 1. The first-order chi connectivity index (χ1) is 8.58. The summed E-state index contributed by atoms with van der Waals surface area (Å²) < 4.78 is 7.37. The fourth-order valence-corrected chi connectivity index (χ4v) is 1.70. The smallest absolute Gasteiger partial charge is 0.147 e. The van der Waals surface area contributed by atoms with Crippen LogP contribution in [0.25, 0.3) is 0 Å². The lowest BCUT2D eigenvalue weighted by Gasteiger charge is -2.08. The molecule has 0 bridgehead atoms. The van der Waals surface area contributed by atoms with Gasteiger partial charge in [0.2, 0.25) is 0 Å². The molecule has 0 aliphatic carbocycles. The van der Waals surface area contributed by atoms with E-state index >= 15 is 0 Å². The average molecular weight is 267 g/mol. The van der Waals surface area contributed by atoms with E-state index in [1.54, 1.807) is 17.7 Å². The fraction of sp³-hybridized carbons (Fsp3) is 0.308. The van der Waals surface area contributed by atoms with Gasteiger partial charge < -0.3 is 14.4 Å². The molecule has 0 radical (unpaired) electrons. The number of imidazole rings is 1. The Morgan fingerprint density at radius 3 is 2.56 bits per heavy atom. The van der Waals surface area contributed by atoms with Crippen molar-refractivity contribution in [3.8, 4) is 5.75 Å². The van der Waals surface area contributed by atoms with E-state index in [1.807, 2.05) is 31.3 Å². The third kappa shape index (κ3) is 2.83. The molecule has 0 fully saturated rings. The topological polar surface area (TPSA) is 47.3 Å². The van der Waals surface area contributed by atoms with E-state index in [2.05, 4.69) is 4.98 Å². The van der Waals surface area contributed by atoms with Gasteiger partial charge in [-0.15, -0.1) is 0 Å². The maximum atomic E-state index is 9.39. The van der Waals surface area contributed by atoms with E-state index in [1.165, 1.54) is 0 Å². The molecule has 0 aliphatic heterocycles. The highest BCUT2D eigenvalue weighted by molar-refractivity contribution is 6.29. The summed E-state index contributed by atoms with van der Waals surface area (Å²) in [5, 5.41) is 9.97. The number of aliphatic hydroxyl groups excluding tert-OH is 1. The van der Waals surface area contributed by atoms with Gasteiger partial charge in [0, 0.05) is 7.05 Å². The molecular weight excluding hydrogens is 252 g/mol. The third-order valence-electron chi connectivity index (χ3n) is 2.76. The number of ether oxygens (including phenoxy) is 1. The Balaban J connectivity index is 2.00. The minimum Gasteiger partial charge on any atom is -0.486 e. The zero-order valence-electron chi connectivity index (χ0n) is 10.3. The third-order valence-corrected chi connectivity index (χ3v) is 3.11. The first-order valence-electron chi connectivity index (χ1n) is 5.65. The second-order valence-corrected chi connectivity index (χ2v) is 4.48. The van der Waals surface area contributed by atoms with Crippen molar-refractivity contribution in [2.45, 2.75) is 19.6 Å². The Morgan fingerprint density at radius 1 is 1.39 bits per heavy atom. The summed E-state index contributed by atoms with van der Waals surface area (Å²) in [7, 11) is 1.84. The molecule has 96 valence electrons. The van der Waals surface area contributed by atoms with E-state index in [-0.39, 0.29) is 0 Å². The summed E-state index contributed by atoms with van der Waals surface area (Å²) in [4.78, 5) is 4.14. The molecule has 0 saturated heterocycles. The molecule has 18 heavy (non-hydrogen) atoms. The number of rotatable bonds is 4. The average Bonchev–Trinajstić information content (AvgIpc) is 2.68. The largest absolute Gasteiger partial charge is 0.486 e. The summed E-state index contributed by atoms with van der Waals surface area (Å²) in [5.41, 5.74) is 0.863. The molecule has 1 aromatic carbocycles. The molecule has 0 aliphatic rings. The Morgan fingerprint density at radius 2 is 2.06 bits per heavy atom. The van der Waals surface area contributed by atoms with E-state index in [4.69, 9.17) is 16.3 Å². The maximum absolute atomic E-state index is 9.39. The number of benzene rings is 1. The van der Waals surface area contributed by atoms with Crippen molar-refractivity contribution < 1.29 is 9.84 Å². The molecule has 1 unspecified atom stereocenters. The Labute approximate surface area is 111 Å². The summed E-state index contributed by atoms with van der Waals surface area (Å²) in [6.07, 6.45) is 1.13. The molecule has 0 saturated carbocycles. The van der Waals surface area contributed by atoms with E-state index in [9.17, 15) is 5.11 Å². The van der Waals surface area contributed by atoms with Crippen molar-refractivity contribution >= 4 is 11.6 Å². The monoisotopic (exact) mass is 266 g/mol. The fourth-order valence-electron chi connectivity index (χ4n) is 1.55. The van der Waals surface area contributed by atoms with Gasteiger partial charge in [0.25, 0.3) is 0 Å². The highest BCUT2D eigenvalue weighted by Gasteiger charge is 2.05. The molecular formula is C13H15ClN2O2. The molecule has 2 aromatic rings. The van der Waals surface area contributed by atoms with Crippen LogP contribution >= 0.6 is 11.6 Å². The quantitative estimate of drug-likeness (QED) is 0.926. The predicted molar refractivity (Wildman–Crippen MR) is 69.6 cm³/mol. The van der Waals surface area contributed by atoms with Crippen LogP contribution in [0.3, 0.4) is 0 Å². The minimum absolute atomic E-state index is 0.358. The zero-order valence-corrected chi connectivity index (χ0v) is 11.1. The maximum Gasteiger partial charge on any atom is 0.147 e. The minimum atomic E-state index is -0.465. The van der Waals surface area contributed by atoms with Gasteiger partial charge in [-0.1, -0.05) is 23.7 Å². The van der Waals surface area contributed by atoms with Gasteiger partial charge >= 0.3 is 0 Å². The number of aromatic nitrogens is 2. The molecule has 0 amide bonds. The lowest BCUT2D eigenvalue weighted by molar-refractivity contribution is 0.199. The van der Waals surface area contributed by atoms with Crippen molar-refractivity contribution in [3.63, 3.8) is 0 Å². The highest BCUT2D eigenvalue weighted by Crippen LogP contribution is 2.18. The van der Waals surface area contributed by atoms with E-state index in [0.717, 1.165) is 17.1 Å². The second kappa shape index (κ2) is 5.42. The first kappa shape index (κ1) is 12.9. The van der Waals surface area contributed by atoms with Gasteiger partial charge in [0.05, 0.1) is 12.3 Å². The van der Waals surface area contributed by atoms with Crippen LogP contribution in [-0.2, 0) is 13.7 Å². The van der Waals surface area contributed by atoms with Gasteiger partial charge in [0.15, 0.2) is 0 Å². The van der Waals surface area contributed by atoms with Crippen LogP contribution in [0.1, 0.15) is 24.4 Å². The summed E-state index contributed by atoms with van der Waals surface area (Å²) in [6, 6.07) is 7.33. The van der Waals surface area contributed by atoms with Crippen LogP contribution in [0.2, 0.25) is 5.15 Å². The molecule has 2 rings (SSSR count).